The van der Waals surface area contributed by atoms with E-state index in [2.05, 4.69) is 10.3 Å². The molecule has 192 valence electrons. The molecule has 37 heavy (non-hydrogen) atoms. The Morgan fingerprint density at radius 2 is 1.49 bits per heavy atom. The van der Waals surface area contributed by atoms with Crippen molar-refractivity contribution in [2.45, 2.75) is 44.6 Å². The van der Waals surface area contributed by atoms with Crippen LogP contribution in [0.2, 0.25) is 0 Å². The fraction of sp³-hybridized carbons (Fsp3) is 0.241. The third-order valence-corrected chi connectivity index (χ3v) is 6.42. The van der Waals surface area contributed by atoms with Crippen LogP contribution in [0.25, 0.3) is 0 Å². The van der Waals surface area contributed by atoms with Gasteiger partial charge in [-0.3, -0.25) is 0 Å². The summed E-state index contributed by atoms with van der Waals surface area (Å²) in [6.45, 7) is 4.07. The van der Waals surface area contributed by atoms with Crippen molar-refractivity contribution < 1.29 is 22.3 Å². The molecule has 2 heterocycles. The van der Waals surface area contributed by atoms with E-state index in [1.165, 1.54) is 18.5 Å². The van der Waals surface area contributed by atoms with Crippen molar-refractivity contribution in [3.05, 3.63) is 130 Å². The van der Waals surface area contributed by atoms with Crippen molar-refractivity contribution in [3.8, 4) is 0 Å². The lowest BCUT2D eigenvalue weighted by atomic mass is 9.85. The van der Waals surface area contributed by atoms with Crippen LogP contribution in [-0.2, 0) is 12.0 Å². The molecule has 8 heteroatoms. The molecule has 0 aliphatic rings. The van der Waals surface area contributed by atoms with Gasteiger partial charge in [-0.05, 0) is 54.7 Å². The highest BCUT2D eigenvalue weighted by atomic mass is 19.3. The second-order valence-corrected chi connectivity index (χ2v) is 9.41. The van der Waals surface area contributed by atoms with Gasteiger partial charge in [0.05, 0.1) is 5.54 Å². The monoisotopic (exact) mass is 509 g/mol. The number of halogens is 4. The molecule has 0 aliphatic carbocycles. The number of nitrogens with one attached hydrogen (secondary N) is 1. The number of pyridine rings is 2. The normalized spacial score (nSPS) is 12.6. The van der Waals surface area contributed by atoms with Crippen molar-refractivity contribution in [2.75, 3.05) is 5.32 Å². The Balaban J connectivity index is 1.68. The number of hydrogen-bond acceptors (Lipinski definition) is 3. The third-order valence-electron chi connectivity index (χ3n) is 6.42. The summed E-state index contributed by atoms with van der Waals surface area (Å²) < 4.78 is 54.7. The minimum Gasteiger partial charge on any atom is -0.619 e. The summed E-state index contributed by atoms with van der Waals surface area (Å²) in [5.74, 6) is 0.181. The number of benzene rings is 2. The largest absolute Gasteiger partial charge is 0.619 e. The predicted molar refractivity (Wildman–Crippen MR) is 135 cm³/mol. The van der Waals surface area contributed by atoms with Crippen molar-refractivity contribution in [3.63, 3.8) is 0 Å². The molecule has 0 bridgehead atoms. The predicted octanol–water partition coefficient (Wildman–Crippen LogP) is 7.31. The molecule has 0 aliphatic heterocycles. The first-order valence-electron chi connectivity index (χ1n) is 11.8. The Morgan fingerprint density at radius 3 is 2.08 bits per heavy atom. The van der Waals surface area contributed by atoms with E-state index >= 15 is 0 Å². The number of rotatable bonds is 9. The van der Waals surface area contributed by atoms with Crippen LogP contribution in [0.4, 0.5) is 23.4 Å². The van der Waals surface area contributed by atoms with Crippen LogP contribution >= 0.6 is 0 Å². The van der Waals surface area contributed by atoms with Gasteiger partial charge in [-0.15, -0.1) is 0 Å². The lowest BCUT2D eigenvalue weighted by molar-refractivity contribution is -0.605. The topological polar surface area (TPSA) is 51.9 Å². The molecule has 2 aromatic heterocycles. The molecule has 4 rings (SSSR count). The van der Waals surface area contributed by atoms with E-state index in [4.69, 9.17) is 0 Å². The maximum atomic E-state index is 13.7. The van der Waals surface area contributed by atoms with Crippen LogP contribution in [0.5, 0.6) is 0 Å². The highest BCUT2D eigenvalue weighted by molar-refractivity contribution is 5.45. The maximum Gasteiger partial charge on any atom is 0.264 e. The van der Waals surface area contributed by atoms with Crippen LogP contribution in [-0.4, -0.2) is 4.98 Å². The van der Waals surface area contributed by atoms with Gasteiger partial charge >= 0.3 is 0 Å². The second kappa shape index (κ2) is 11.0. The van der Waals surface area contributed by atoms with Crippen LogP contribution in [0.1, 0.15) is 66.0 Å². The Morgan fingerprint density at radius 1 is 0.838 bits per heavy atom. The van der Waals surface area contributed by atoms with Gasteiger partial charge in [-0.1, -0.05) is 48.5 Å². The van der Waals surface area contributed by atoms with Crippen molar-refractivity contribution >= 4 is 5.82 Å². The zero-order valence-corrected chi connectivity index (χ0v) is 20.4. The molecule has 1 N–H and O–H groups in total. The van der Waals surface area contributed by atoms with E-state index in [0.29, 0.717) is 22.5 Å². The number of anilines is 1. The smallest absolute Gasteiger partial charge is 0.264 e. The first-order valence-corrected chi connectivity index (χ1v) is 11.8. The van der Waals surface area contributed by atoms with Crippen LogP contribution in [0.3, 0.4) is 0 Å². The molecule has 1 atom stereocenters. The fourth-order valence-electron chi connectivity index (χ4n) is 4.37. The fourth-order valence-corrected chi connectivity index (χ4v) is 4.37. The molecule has 0 unspecified atom stereocenters. The van der Waals surface area contributed by atoms with Gasteiger partial charge in [0.2, 0.25) is 0 Å². The SMILES string of the molecule is CC(C)(Nc1ccc([C@@H](Cc2cc[n+]([O-])cc2)c2ccc(C(F)F)c(C(F)F)c2)cn1)c1ccccc1. The minimum absolute atomic E-state index is 0.363. The Hall–Kier alpha value is -3.94. The van der Waals surface area contributed by atoms with Crippen molar-refractivity contribution in [2.24, 2.45) is 0 Å². The number of alkyl halides is 4. The van der Waals surface area contributed by atoms with E-state index in [0.717, 1.165) is 28.8 Å². The summed E-state index contributed by atoms with van der Waals surface area (Å²) in [7, 11) is 0. The highest BCUT2D eigenvalue weighted by Gasteiger charge is 2.24. The molecule has 0 radical (unpaired) electrons. The van der Waals surface area contributed by atoms with Gasteiger partial charge < -0.3 is 10.5 Å². The molecule has 4 aromatic rings. The average Bonchev–Trinajstić information content (AvgIpc) is 2.89. The van der Waals surface area contributed by atoms with E-state index in [1.54, 1.807) is 18.3 Å². The van der Waals surface area contributed by atoms with E-state index in [9.17, 15) is 22.8 Å². The van der Waals surface area contributed by atoms with Gasteiger partial charge in [-0.25, -0.2) is 22.5 Å². The first-order chi connectivity index (χ1) is 17.6. The molecule has 0 saturated heterocycles. The third kappa shape index (κ3) is 6.25. The lowest BCUT2D eigenvalue weighted by Gasteiger charge is -2.28. The number of aromatic nitrogens is 2. The maximum absolute atomic E-state index is 13.7. The molecular formula is C29H27F4N3O. The molecule has 0 amide bonds. The first kappa shape index (κ1) is 26.1. The number of nitrogens with zero attached hydrogens (tertiary/aromatic N) is 2. The van der Waals surface area contributed by atoms with E-state index in [1.807, 2.05) is 56.3 Å². The Bertz CT molecular complexity index is 1310. The lowest BCUT2D eigenvalue weighted by Crippen LogP contribution is -2.28. The van der Waals surface area contributed by atoms with Gasteiger partial charge in [0.25, 0.3) is 12.9 Å². The molecule has 2 aromatic carbocycles. The zero-order chi connectivity index (χ0) is 26.6. The van der Waals surface area contributed by atoms with Crippen LogP contribution in [0, 0.1) is 5.21 Å². The van der Waals surface area contributed by atoms with Gasteiger partial charge in [-0.2, -0.15) is 4.73 Å². The molecule has 0 fully saturated rings. The zero-order valence-electron chi connectivity index (χ0n) is 20.4. The molecule has 4 nitrogen and oxygen atoms in total. The summed E-state index contributed by atoms with van der Waals surface area (Å²) in [6, 6.07) is 20.5. The molecule has 0 spiro atoms. The minimum atomic E-state index is -3.04. The average molecular weight is 510 g/mol. The summed E-state index contributed by atoms with van der Waals surface area (Å²) in [5.41, 5.74) is 1.31. The van der Waals surface area contributed by atoms with Crippen LogP contribution < -0.4 is 10.0 Å². The number of hydrogen-bond donors (Lipinski definition) is 1. The summed E-state index contributed by atoms with van der Waals surface area (Å²) in [6.07, 6.45) is -1.31. The van der Waals surface area contributed by atoms with Crippen molar-refractivity contribution in [1.29, 1.82) is 0 Å². The van der Waals surface area contributed by atoms with Crippen molar-refractivity contribution in [1.82, 2.24) is 4.98 Å². The van der Waals surface area contributed by atoms with Crippen LogP contribution in [0.15, 0.2) is 91.4 Å². The highest BCUT2D eigenvalue weighted by Crippen LogP contribution is 2.36. The van der Waals surface area contributed by atoms with Gasteiger partial charge in [0.1, 0.15) is 5.82 Å². The summed E-state index contributed by atoms with van der Waals surface area (Å²) >= 11 is 0. The van der Waals surface area contributed by atoms with E-state index in [-0.39, 0.29) is 0 Å². The second-order valence-electron chi connectivity index (χ2n) is 9.41. The Kier molecular flexibility index (Phi) is 7.76. The quantitative estimate of drug-likeness (QED) is 0.146. The molecule has 0 saturated carbocycles. The Labute approximate surface area is 213 Å². The van der Waals surface area contributed by atoms with E-state index < -0.39 is 35.4 Å². The standard InChI is InChI=1S/C29H27F4N3O/c1-29(2,22-6-4-3-5-7-22)35-26-11-9-21(18-34-26)24(16-19-12-14-36(37)15-13-19)20-8-10-23(27(30)31)25(17-20)28(32)33/h3-15,17-18,24,27-28H,16H2,1-2H3,(H,34,35)/t24-/m0/s1. The van der Waals surface area contributed by atoms with Gasteiger partial charge in [0.15, 0.2) is 12.4 Å². The van der Waals surface area contributed by atoms with Gasteiger partial charge in [0, 0.05) is 35.4 Å². The summed E-state index contributed by atoms with van der Waals surface area (Å²) in [4.78, 5) is 4.56. The summed E-state index contributed by atoms with van der Waals surface area (Å²) in [5, 5.41) is 14.9. The molecular weight excluding hydrogens is 482 g/mol.